The van der Waals surface area contributed by atoms with Gasteiger partial charge in [0.15, 0.2) is 0 Å². The fraction of sp³-hybridized carbons (Fsp3) is 0.125. The van der Waals surface area contributed by atoms with Crippen molar-refractivity contribution in [3.63, 3.8) is 0 Å². The van der Waals surface area contributed by atoms with Gasteiger partial charge in [0.2, 0.25) is 0 Å². The van der Waals surface area contributed by atoms with Crippen LogP contribution < -0.4 is 5.01 Å². The summed E-state index contributed by atoms with van der Waals surface area (Å²) in [7, 11) is 1.86. The normalized spacial score (nSPS) is 12.7. The zero-order chi connectivity index (χ0) is 21.5. The number of phenolic OH excluding ortho intramolecular Hbond substituents is 1. The molecule has 2 heterocycles. The first kappa shape index (κ1) is 19.3. The topological polar surface area (TPSA) is 57.1 Å². The third kappa shape index (κ3) is 3.43. The Balaban J connectivity index is 1.53. The third-order valence-corrected chi connectivity index (χ3v) is 5.86. The number of benzene rings is 2. The van der Waals surface area contributed by atoms with Crippen LogP contribution in [0.5, 0.6) is 5.75 Å². The second kappa shape index (κ2) is 7.53. The number of nitrogens with zero attached hydrogens (tertiary/aromatic N) is 3. The van der Waals surface area contributed by atoms with E-state index in [0.29, 0.717) is 12.0 Å². The number of aromatic hydroxyl groups is 1. The molecule has 31 heavy (non-hydrogen) atoms. The lowest BCUT2D eigenvalue weighted by atomic mass is 10.0. The Labute approximate surface area is 183 Å². The number of fused-ring (bicyclic) bond motifs is 2. The van der Waals surface area contributed by atoms with E-state index in [4.69, 9.17) is 11.6 Å². The van der Waals surface area contributed by atoms with Crippen molar-refractivity contribution in [3.05, 3.63) is 82.0 Å². The van der Waals surface area contributed by atoms with Gasteiger partial charge in [-0.25, -0.2) is 4.39 Å². The van der Waals surface area contributed by atoms with Crippen LogP contribution >= 0.6 is 11.6 Å². The highest BCUT2D eigenvalue weighted by atomic mass is 35.5. The number of hydrogen-bond acceptors (Lipinski definition) is 3. The summed E-state index contributed by atoms with van der Waals surface area (Å²) >= 11 is 6.10. The molecule has 0 amide bonds. The van der Waals surface area contributed by atoms with Gasteiger partial charge in [0, 0.05) is 36.2 Å². The molecule has 0 aliphatic heterocycles. The Morgan fingerprint density at radius 2 is 2.16 bits per heavy atom. The van der Waals surface area contributed by atoms with E-state index in [2.05, 4.69) is 34.2 Å². The average molecular weight is 433 g/mol. The van der Waals surface area contributed by atoms with E-state index >= 15 is 0 Å². The lowest BCUT2D eigenvalue weighted by Gasteiger charge is -2.24. The fourth-order valence-corrected chi connectivity index (χ4v) is 4.01. The number of phenols is 1. The van der Waals surface area contributed by atoms with Gasteiger partial charge in [-0.05, 0) is 47.5 Å². The van der Waals surface area contributed by atoms with Crippen LogP contribution in [0, 0.1) is 17.7 Å². The third-order valence-electron chi connectivity index (χ3n) is 5.45. The fourth-order valence-electron chi connectivity index (χ4n) is 3.79. The number of aromatic amines is 1. The first-order valence-electron chi connectivity index (χ1n) is 9.73. The van der Waals surface area contributed by atoms with Gasteiger partial charge < -0.3 is 10.1 Å². The molecule has 7 heteroatoms. The minimum atomic E-state index is -0.556. The molecule has 1 aliphatic carbocycles. The molecule has 5 rings (SSSR count). The minimum Gasteiger partial charge on any atom is -0.508 e. The van der Waals surface area contributed by atoms with Gasteiger partial charge in [-0.15, -0.1) is 0 Å². The molecule has 5 nitrogen and oxygen atoms in total. The maximum Gasteiger partial charge on any atom is 0.142 e. The number of halogens is 2. The van der Waals surface area contributed by atoms with Gasteiger partial charge in [-0.1, -0.05) is 29.5 Å². The van der Waals surface area contributed by atoms with E-state index in [-0.39, 0.29) is 17.3 Å². The van der Waals surface area contributed by atoms with Crippen molar-refractivity contribution in [2.45, 2.75) is 13.0 Å². The van der Waals surface area contributed by atoms with E-state index in [1.165, 1.54) is 6.07 Å². The molecular weight excluding hydrogens is 415 g/mol. The molecule has 2 aromatic heterocycles. The summed E-state index contributed by atoms with van der Waals surface area (Å²) in [5.74, 6) is 5.91. The minimum absolute atomic E-state index is 0.0375. The highest BCUT2D eigenvalue weighted by Crippen LogP contribution is 2.30. The van der Waals surface area contributed by atoms with E-state index < -0.39 is 5.82 Å². The Morgan fingerprint density at radius 1 is 1.29 bits per heavy atom. The molecule has 2 aromatic carbocycles. The largest absolute Gasteiger partial charge is 0.508 e. The van der Waals surface area contributed by atoms with E-state index in [1.54, 1.807) is 6.20 Å². The first-order chi connectivity index (χ1) is 15.0. The van der Waals surface area contributed by atoms with Crippen LogP contribution in [-0.2, 0) is 13.0 Å². The second-order valence-electron chi connectivity index (χ2n) is 7.45. The molecule has 154 valence electrons. The Morgan fingerprint density at radius 3 is 3.03 bits per heavy atom. The first-order valence-corrected chi connectivity index (χ1v) is 10.1. The molecule has 0 bridgehead atoms. The van der Waals surface area contributed by atoms with Crippen molar-refractivity contribution in [1.29, 1.82) is 0 Å². The highest BCUT2D eigenvalue weighted by Gasteiger charge is 2.17. The van der Waals surface area contributed by atoms with Crippen LogP contribution in [0.4, 0.5) is 4.39 Å². The van der Waals surface area contributed by atoms with Crippen molar-refractivity contribution in [3.8, 4) is 17.6 Å². The lowest BCUT2D eigenvalue weighted by Crippen LogP contribution is -2.30. The number of rotatable bonds is 4. The van der Waals surface area contributed by atoms with Crippen molar-refractivity contribution in [1.82, 2.24) is 14.9 Å². The molecule has 2 N–H and O–H groups in total. The van der Waals surface area contributed by atoms with Crippen LogP contribution in [-0.4, -0.2) is 27.0 Å². The lowest BCUT2D eigenvalue weighted by molar-refractivity contribution is 0.461. The summed E-state index contributed by atoms with van der Waals surface area (Å²) in [6, 6.07) is 10.6. The molecule has 0 atom stereocenters. The Hall–Kier alpha value is -3.69. The van der Waals surface area contributed by atoms with Crippen molar-refractivity contribution < 1.29 is 9.50 Å². The Bertz CT molecular complexity index is 1410. The maximum absolute atomic E-state index is 13.9. The predicted octanol–water partition coefficient (Wildman–Crippen LogP) is 4.73. The average Bonchev–Trinajstić information content (AvgIpc) is 3.34. The zero-order valence-electron chi connectivity index (χ0n) is 16.7. The van der Waals surface area contributed by atoms with Gasteiger partial charge in [-0.2, -0.15) is 5.10 Å². The number of allylic oxidation sites excluding steroid dienone is 1. The number of H-pyrrole nitrogens is 1. The summed E-state index contributed by atoms with van der Waals surface area (Å²) in [5, 5.41) is 20.0. The van der Waals surface area contributed by atoms with Crippen molar-refractivity contribution in [2.24, 2.45) is 0 Å². The smallest absolute Gasteiger partial charge is 0.142 e. The van der Waals surface area contributed by atoms with Crippen LogP contribution in [0.15, 0.2) is 48.8 Å². The summed E-state index contributed by atoms with van der Waals surface area (Å²) < 4.78 is 15.9. The summed E-state index contributed by atoms with van der Waals surface area (Å²) in [5.41, 5.74) is 5.28. The molecule has 0 radical (unpaired) electrons. The van der Waals surface area contributed by atoms with Crippen LogP contribution in [0.3, 0.4) is 0 Å². The second-order valence-corrected chi connectivity index (χ2v) is 7.83. The van der Waals surface area contributed by atoms with E-state index in [1.807, 2.05) is 41.1 Å². The summed E-state index contributed by atoms with van der Waals surface area (Å²) in [6.07, 6.45) is 6.41. The van der Waals surface area contributed by atoms with Gasteiger partial charge in [-0.3, -0.25) is 9.77 Å². The van der Waals surface area contributed by atoms with Crippen LogP contribution in [0.25, 0.3) is 22.6 Å². The molecule has 0 fully saturated rings. The SMILES string of the molecule is CN(Cc1c(O)ccc(F)c1Cl)n1ccc2c1C=C(c1ccc3[nH]ncc3c1)C#CC2. The van der Waals surface area contributed by atoms with Crippen molar-refractivity contribution in [2.75, 3.05) is 12.1 Å². The Kier molecular flexibility index (Phi) is 4.68. The predicted molar refractivity (Wildman–Crippen MR) is 121 cm³/mol. The molecule has 0 saturated heterocycles. The van der Waals surface area contributed by atoms with Crippen LogP contribution in [0.2, 0.25) is 5.02 Å². The monoisotopic (exact) mass is 432 g/mol. The van der Waals surface area contributed by atoms with Gasteiger partial charge in [0.1, 0.15) is 11.6 Å². The summed E-state index contributed by atoms with van der Waals surface area (Å²) in [6.45, 7) is 0.231. The van der Waals surface area contributed by atoms with Crippen LogP contribution in [0.1, 0.15) is 22.4 Å². The van der Waals surface area contributed by atoms with Crippen molar-refractivity contribution >= 4 is 34.2 Å². The number of nitrogens with one attached hydrogen (secondary N) is 1. The molecule has 1 aliphatic rings. The molecule has 4 aromatic rings. The van der Waals surface area contributed by atoms with E-state index in [0.717, 1.165) is 39.4 Å². The molecule has 0 spiro atoms. The van der Waals surface area contributed by atoms with E-state index in [9.17, 15) is 9.50 Å². The molecule has 0 unspecified atom stereocenters. The zero-order valence-corrected chi connectivity index (χ0v) is 17.4. The highest BCUT2D eigenvalue weighted by molar-refractivity contribution is 6.31. The standard InChI is InChI=1S/C24H18ClFN4O/c1-29(14-19-23(31)8-6-20(26)24(19)25)30-10-9-15-3-2-4-16(12-22(15)30)17-5-7-21-18(11-17)13-27-28-21/h5-13,31H,3,14H2,1H3,(H,27,28). The molecular formula is C24H18ClFN4O. The van der Waals surface area contributed by atoms with Gasteiger partial charge in [0.05, 0.1) is 29.0 Å². The quantitative estimate of drug-likeness (QED) is 0.458. The van der Waals surface area contributed by atoms with Gasteiger partial charge in [0.25, 0.3) is 0 Å². The molecule has 0 saturated carbocycles. The van der Waals surface area contributed by atoms with Gasteiger partial charge >= 0.3 is 0 Å². The number of hydrogen-bond donors (Lipinski definition) is 2. The number of aromatic nitrogens is 3. The summed E-state index contributed by atoms with van der Waals surface area (Å²) in [4.78, 5) is 0. The maximum atomic E-state index is 13.9.